The second kappa shape index (κ2) is 5.41. The van der Waals surface area contributed by atoms with Gasteiger partial charge in [-0.05, 0) is 11.1 Å². The molecule has 21 heavy (non-hydrogen) atoms. The first-order valence-electron chi connectivity index (χ1n) is 7.01. The number of nitrogens with two attached hydrogens (primary N) is 1. The van der Waals surface area contributed by atoms with Crippen molar-refractivity contribution in [1.82, 2.24) is 0 Å². The van der Waals surface area contributed by atoms with Crippen LogP contribution in [0.1, 0.15) is 11.1 Å². The van der Waals surface area contributed by atoms with Crippen LogP contribution in [0, 0.1) is 5.92 Å². The molecule has 2 heteroatoms. The second-order valence-electron chi connectivity index (χ2n) is 5.23. The van der Waals surface area contributed by atoms with Gasteiger partial charge in [0.05, 0.1) is 11.3 Å². The maximum absolute atomic E-state index is 12.1. The number of rotatable bonds is 3. The average molecular weight is 275 g/mol. The van der Waals surface area contributed by atoms with Crippen LogP contribution in [0.25, 0.3) is 0 Å². The molecule has 2 aromatic carbocycles. The third-order valence-electron chi connectivity index (χ3n) is 4.07. The molecule has 1 atom stereocenters. The van der Waals surface area contributed by atoms with Gasteiger partial charge in [-0.2, -0.15) is 0 Å². The van der Waals surface area contributed by atoms with Crippen LogP contribution in [0.2, 0.25) is 0 Å². The summed E-state index contributed by atoms with van der Waals surface area (Å²) in [5.41, 5.74) is 7.29. The van der Waals surface area contributed by atoms with Crippen molar-refractivity contribution in [1.29, 1.82) is 0 Å². The monoisotopic (exact) mass is 275 g/mol. The van der Waals surface area contributed by atoms with Crippen molar-refractivity contribution in [2.24, 2.45) is 11.7 Å². The van der Waals surface area contributed by atoms with Crippen LogP contribution in [0.3, 0.4) is 0 Å². The molecule has 2 aromatic rings. The molecule has 0 fully saturated rings. The van der Waals surface area contributed by atoms with Crippen LogP contribution in [-0.4, -0.2) is 5.91 Å². The van der Waals surface area contributed by atoms with Crippen molar-refractivity contribution in [3.63, 3.8) is 0 Å². The van der Waals surface area contributed by atoms with E-state index in [0.717, 1.165) is 11.1 Å². The highest BCUT2D eigenvalue weighted by Gasteiger charge is 2.42. The largest absolute Gasteiger partial charge is 0.369 e. The van der Waals surface area contributed by atoms with Crippen molar-refractivity contribution in [3.8, 4) is 0 Å². The molecule has 0 aromatic heterocycles. The van der Waals surface area contributed by atoms with E-state index in [0.29, 0.717) is 0 Å². The molecule has 0 aliphatic heterocycles. The minimum Gasteiger partial charge on any atom is -0.369 e. The van der Waals surface area contributed by atoms with Gasteiger partial charge < -0.3 is 5.73 Å². The number of hydrogen-bond acceptors (Lipinski definition) is 1. The first kappa shape index (κ1) is 13.4. The Labute approximate surface area is 124 Å². The second-order valence-corrected chi connectivity index (χ2v) is 5.23. The fourth-order valence-corrected chi connectivity index (χ4v) is 3.10. The Kier molecular flexibility index (Phi) is 3.44. The smallest absolute Gasteiger partial charge is 0.225 e. The van der Waals surface area contributed by atoms with E-state index in [1.165, 1.54) is 0 Å². The maximum Gasteiger partial charge on any atom is 0.225 e. The minimum absolute atomic E-state index is 0.316. The van der Waals surface area contributed by atoms with Crippen LogP contribution < -0.4 is 5.73 Å². The van der Waals surface area contributed by atoms with E-state index in [9.17, 15) is 4.79 Å². The standard InChI is InChI=1S/C19H17NO/c20-18(21)17-13-7-8-14-19(17,15-9-3-1-4-10-15)16-11-5-2-6-12-16/h1-14,17H,(H2,20,21). The summed E-state index contributed by atoms with van der Waals surface area (Å²) < 4.78 is 0. The Morgan fingerprint density at radius 3 is 1.86 bits per heavy atom. The van der Waals surface area contributed by atoms with Crippen molar-refractivity contribution >= 4 is 5.91 Å². The molecule has 2 N–H and O–H groups in total. The van der Waals surface area contributed by atoms with Crippen molar-refractivity contribution in [3.05, 3.63) is 96.1 Å². The summed E-state index contributed by atoms with van der Waals surface area (Å²) in [7, 11) is 0. The van der Waals surface area contributed by atoms with Crippen molar-refractivity contribution in [2.45, 2.75) is 5.41 Å². The molecule has 0 saturated heterocycles. The molecule has 0 bridgehead atoms. The molecule has 0 radical (unpaired) electrons. The van der Waals surface area contributed by atoms with Crippen LogP contribution in [0.15, 0.2) is 85.0 Å². The topological polar surface area (TPSA) is 43.1 Å². The van der Waals surface area contributed by atoms with Crippen LogP contribution in [-0.2, 0) is 10.2 Å². The highest BCUT2D eigenvalue weighted by molar-refractivity contribution is 5.83. The van der Waals surface area contributed by atoms with Gasteiger partial charge in [0.1, 0.15) is 0 Å². The molecule has 1 unspecified atom stereocenters. The van der Waals surface area contributed by atoms with Gasteiger partial charge in [-0.1, -0.05) is 85.0 Å². The molecular formula is C19H17NO. The molecule has 1 amide bonds. The predicted molar refractivity (Wildman–Crippen MR) is 84.6 cm³/mol. The summed E-state index contributed by atoms with van der Waals surface area (Å²) in [6.45, 7) is 0. The molecule has 104 valence electrons. The summed E-state index contributed by atoms with van der Waals surface area (Å²) >= 11 is 0. The Bertz CT molecular complexity index is 647. The number of amides is 1. The highest BCUT2D eigenvalue weighted by atomic mass is 16.1. The van der Waals surface area contributed by atoms with Crippen molar-refractivity contribution in [2.75, 3.05) is 0 Å². The third kappa shape index (κ3) is 2.19. The normalized spacial score (nSPS) is 19.3. The number of hydrogen-bond donors (Lipinski definition) is 1. The third-order valence-corrected chi connectivity index (χ3v) is 4.07. The Hall–Kier alpha value is -2.61. The Balaban J connectivity index is 2.28. The number of allylic oxidation sites excluding steroid dienone is 3. The molecule has 2 nitrogen and oxygen atoms in total. The van der Waals surface area contributed by atoms with Gasteiger partial charge in [-0.3, -0.25) is 4.79 Å². The number of benzene rings is 2. The van der Waals surface area contributed by atoms with Gasteiger partial charge in [0.25, 0.3) is 0 Å². The molecule has 1 aliphatic carbocycles. The van der Waals surface area contributed by atoms with Crippen LogP contribution in [0.5, 0.6) is 0 Å². The molecule has 0 heterocycles. The Morgan fingerprint density at radius 2 is 1.38 bits per heavy atom. The number of primary amides is 1. The van der Waals surface area contributed by atoms with Crippen LogP contribution in [0.4, 0.5) is 0 Å². The Morgan fingerprint density at radius 1 is 0.857 bits per heavy atom. The number of carbonyl (C=O) groups is 1. The van der Waals surface area contributed by atoms with E-state index in [1.54, 1.807) is 0 Å². The van der Waals surface area contributed by atoms with Gasteiger partial charge in [-0.25, -0.2) is 0 Å². The first-order chi connectivity index (χ1) is 10.2. The SMILES string of the molecule is NC(=O)C1C=CC=CC1(c1ccccc1)c1ccccc1. The van der Waals surface area contributed by atoms with E-state index in [4.69, 9.17) is 5.73 Å². The van der Waals surface area contributed by atoms with Gasteiger partial charge in [0.15, 0.2) is 0 Å². The fraction of sp³-hybridized carbons (Fsp3) is 0.105. The van der Waals surface area contributed by atoms with E-state index >= 15 is 0 Å². The summed E-state index contributed by atoms with van der Waals surface area (Å²) in [4.78, 5) is 12.1. The zero-order chi connectivity index (χ0) is 14.7. The molecule has 0 spiro atoms. The molecule has 1 aliphatic rings. The summed E-state index contributed by atoms with van der Waals surface area (Å²) in [6.07, 6.45) is 7.84. The lowest BCUT2D eigenvalue weighted by atomic mass is 9.64. The molecule has 3 rings (SSSR count). The quantitative estimate of drug-likeness (QED) is 0.918. The summed E-state index contributed by atoms with van der Waals surface area (Å²) in [5, 5.41) is 0. The lowest BCUT2D eigenvalue weighted by molar-refractivity contribution is -0.121. The highest BCUT2D eigenvalue weighted by Crippen LogP contribution is 2.43. The maximum atomic E-state index is 12.1. The lowest BCUT2D eigenvalue weighted by Crippen LogP contribution is -2.42. The van der Waals surface area contributed by atoms with E-state index in [-0.39, 0.29) is 5.91 Å². The van der Waals surface area contributed by atoms with Gasteiger partial charge in [0, 0.05) is 0 Å². The summed E-state index contributed by atoms with van der Waals surface area (Å²) in [5.74, 6) is -0.712. The van der Waals surface area contributed by atoms with Gasteiger partial charge in [-0.15, -0.1) is 0 Å². The van der Waals surface area contributed by atoms with E-state index in [2.05, 4.69) is 6.08 Å². The fourth-order valence-electron chi connectivity index (χ4n) is 3.10. The first-order valence-corrected chi connectivity index (χ1v) is 7.01. The lowest BCUT2D eigenvalue weighted by Gasteiger charge is -2.38. The van der Waals surface area contributed by atoms with Gasteiger partial charge in [0.2, 0.25) is 5.91 Å². The van der Waals surface area contributed by atoms with Crippen LogP contribution >= 0.6 is 0 Å². The minimum atomic E-state index is -0.539. The van der Waals surface area contributed by atoms with Crippen molar-refractivity contribution < 1.29 is 4.79 Å². The van der Waals surface area contributed by atoms with Gasteiger partial charge >= 0.3 is 0 Å². The predicted octanol–water partition coefficient (Wildman–Crippen LogP) is 3.20. The average Bonchev–Trinajstić information content (AvgIpc) is 2.56. The molecular weight excluding hydrogens is 258 g/mol. The van der Waals surface area contributed by atoms with E-state index in [1.807, 2.05) is 78.9 Å². The number of carbonyl (C=O) groups excluding carboxylic acids is 1. The van der Waals surface area contributed by atoms with E-state index < -0.39 is 11.3 Å². The summed E-state index contributed by atoms with van der Waals surface area (Å²) in [6, 6.07) is 20.1. The zero-order valence-corrected chi connectivity index (χ0v) is 11.6. The molecule has 0 saturated carbocycles. The zero-order valence-electron chi connectivity index (χ0n) is 11.6.